The summed E-state index contributed by atoms with van der Waals surface area (Å²) in [6.45, 7) is 29.0. The fourth-order valence-corrected chi connectivity index (χ4v) is 0. The number of allylic oxidation sites excluding steroid dienone is 8. The molecular weight excluding hydrogens is 288 g/mol. The minimum absolute atomic E-state index is 0. The van der Waals surface area contributed by atoms with E-state index in [1.165, 1.54) is 0 Å². The average Bonchev–Trinajstić information content (AvgIpc) is 2.42. The first kappa shape index (κ1) is 66.7. The van der Waals surface area contributed by atoms with Crippen LogP contribution in [0.3, 0.4) is 0 Å². The number of hydrogen-bond donors (Lipinski definition) is 0. The van der Waals surface area contributed by atoms with Crippen LogP contribution in [0.15, 0.2) is 74.9 Å². The van der Waals surface area contributed by atoms with Gasteiger partial charge in [-0.25, -0.2) is 0 Å². The molecule has 0 heterocycles. The van der Waals surface area contributed by atoms with Gasteiger partial charge in [-0.2, -0.15) is 0 Å². The average molecular weight is 345 g/mol. The Morgan fingerprint density at radius 3 is 0.375 bits per heavy atom. The minimum atomic E-state index is 0. The van der Waals surface area contributed by atoms with Crippen LogP contribution in [0, 0.1) is 0 Å². The van der Waals surface area contributed by atoms with E-state index in [0.29, 0.717) is 0 Å². The van der Waals surface area contributed by atoms with Gasteiger partial charge in [0.15, 0.2) is 0 Å². The van der Waals surface area contributed by atoms with Crippen molar-refractivity contribution < 1.29 is 0 Å². The van der Waals surface area contributed by atoms with Crippen LogP contribution in [0.2, 0.25) is 0 Å². The topological polar surface area (TPSA) is 0 Å². The van der Waals surface area contributed by atoms with Gasteiger partial charge in [0.2, 0.25) is 0 Å². The molecule has 0 amide bonds. The van der Waals surface area contributed by atoms with E-state index in [0.717, 1.165) is 0 Å². The van der Waals surface area contributed by atoms with Gasteiger partial charge < -0.3 is 0 Å². The van der Waals surface area contributed by atoms with Crippen LogP contribution in [0.25, 0.3) is 0 Å². The number of rotatable bonds is 0. The van der Waals surface area contributed by atoms with Crippen molar-refractivity contribution in [3.63, 3.8) is 0 Å². The lowest BCUT2D eigenvalue weighted by Crippen LogP contribution is -1.26. The van der Waals surface area contributed by atoms with Gasteiger partial charge in [-0.1, -0.05) is 78.3 Å². The van der Waals surface area contributed by atoms with Crippen LogP contribution < -0.4 is 0 Å². The maximum Gasteiger partial charge on any atom is -0.0470 e. The predicted molar refractivity (Wildman–Crippen MR) is 131 cm³/mol. The predicted octanol–water partition coefficient (Wildman–Crippen LogP) is 10.5. The molecule has 0 unspecified atom stereocenters. The van der Waals surface area contributed by atoms with Gasteiger partial charge in [0, 0.05) is 0 Å². The van der Waals surface area contributed by atoms with Gasteiger partial charge in [-0.05, 0) is 55.4 Å². The highest BCUT2D eigenvalue weighted by atomic mass is 13.4. The smallest absolute Gasteiger partial charge is 0.0470 e. The van der Waals surface area contributed by atoms with Gasteiger partial charge in [-0.15, -0.1) is 26.3 Å². The first-order valence-electron chi connectivity index (χ1n) is 6.92. The molecule has 0 aliphatic carbocycles. The Kier molecular flexibility index (Phi) is 600. The molecule has 0 bridgehead atoms. The highest BCUT2D eigenvalue weighted by molar-refractivity contribution is 4.68. The fourth-order valence-electron chi connectivity index (χ4n) is 0. The zero-order valence-electron chi connectivity index (χ0n) is 15.4. The Bertz CT molecular complexity index is 138. The number of hydrogen-bond acceptors (Lipinski definition) is 0. The summed E-state index contributed by atoms with van der Waals surface area (Å²) >= 11 is 0. The summed E-state index contributed by atoms with van der Waals surface area (Å²) in [5, 5.41) is 0. The molecule has 0 saturated heterocycles. The summed E-state index contributed by atoms with van der Waals surface area (Å²) in [6.07, 6.45) is 15.0. The Hall–Kier alpha value is -1.56. The van der Waals surface area contributed by atoms with E-state index in [9.17, 15) is 0 Å². The molecule has 0 N–H and O–H groups in total. The first-order valence-corrected chi connectivity index (χ1v) is 6.92. The summed E-state index contributed by atoms with van der Waals surface area (Å²) in [7, 11) is 0. The van der Waals surface area contributed by atoms with Gasteiger partial charge in [-0.3, -0.25) is 0 Å². The molecular formula is C24H56. The van der Waals surface area contributed by atoms with E-state index in [4.69, 9.17) is 0 Å². The highest BCUT2D eigenvalue weighted by Gasteiger charge is 1.34. The van der Waals surface area contributed by atoms with E-state index in [1.54, 1.807) is 24.3 Å². The molecule has 0 aliphatic heterocycles. The van der Waals surface area contributed by atoms with Crippen molar-refractivity contribution in [2.75, 3.05) is 0 Å². The first-order chi connectivity index (χ1) is 9.49. The lowest BCUT2D eigenvalue weighted by Gasteiger charge is -1.49. The summed E-state index contributed by atoms with van der Waals surface area (Å²) in [5.74, 6) is 0. The second-order valence-corrected chi connectivity index (χ2v) is 2.97. The van der Waals surface area contributed by atoms with Crippen molar-refractivity contribution in [1.82, 2.24) is 0 Å². The largest absolute Gasteiger partial charge is 0.103 e. The molecule has 0 aliphatic rings. The molecule has 0 saturated carbocycles. The van der Waals surface area contributed by atoms with Crippen LogP contribution in [0.1, 0.15) is 85.1 Å². The van der Waals surface area contributed by atoms with E-state index >= 15 is 0 Å². The third-order valence-electron chi connectivity index (χ3n) is 0.667. The van der Waals surface area contributed by atoms with Crippen LogP contribution in [0.4, 0.5) is 0 Å². The molecule has 0 aromatic rings. The van der Waals surface area contributed by atoms with Crippen molar-refractivity contribution in [3.8, 4) is 0 Å². The minimum Gasteiger partial charge on any atom is -0.103 e. The summed E-state index contributed by atoms with van der Waals surface area (Å²) in [6, 6.07) is 0. The van der Waals surface area contributed by atoms with Gasteiger partial charge in [0.1, 0.15) is 0 Å². The van der Waals surface area contributed by atoms with E-state index in [-0.39, 0.29) is 29.7 Å². The molecule has 0 radical (unpaired) electrons. The molecule has 24 heavy (non-hydrogen) atoms. The van der Waals surface area contributed by atoms with E-state index in [1.807, 2.05) is 79.7 Å². The monoisotopic (exact) mass is 344 g/mol. The molecule has 0 aromatic heterocycles. The normalized spacial score (nSPS) is 5.33. The Labute approximate surface area is 160 Å². The quantitative estimate of drug-likeness (QED) is 0.383. The van der Waals surface area contributed by atoms with Crippen molar-refractivity contribution in [1.29, 1.82) is 0 Å². The van der Waals surface area contributed by atoms with Gasteiger partial charge >= 0.3 is 0 Å². The van der Waals surface area contributed by atoms with E-state index in [2.05, 4.69) is 26.3 Å². The van der Waals surface area contributed by atoms with Gasteiger partial charge in [0.05, 0.1) is 0 Å². The second kappa shape index (κ2) is 216. The van der Waals surface area contributed by atoms with E-state index < -0.39 is 0 Å². The molecule has 0 aromatic carbocycles. The summed E-state index contributed by atoms with van der Waals surface area (Å²) < 4.78 is 0. The lowest BCUT2D eigenvalue weighted by molar-refractivity contribution is 1.64. The van der Waals surface area contributed by atoms with Crippen molar-refractivity contribution in [3.05, 3.63) is 74.9 Å². The summed E-state index contributed by atoms with van der Waals surface area (Å²) in [5.41, 5.74) is 0. The van der Waals surface area contributed by atoms with Crippen LogP contribution in [0.5, 0.6) is 0 Å². The zero-order chi connectivity index (χ0) is 17.7. The second-order valence-electron chi connectivity index (χ2n) is 2.97. The molecule has 0 atom stereocenters. The SMILES string of the molecule is C.C.C.C.C=CC.C=CC.C=CC.C=CC.CC=CC.CC=CC. The molecule has 0 spiro atoms. The van der Waals surface area contributed by atoms with Crippen molar-refractivity contribution in [2.24, 2.45) is 0 Å². The molecule has 0 heteroatoms. The molecule has 152 valence electrons. The third-order valence-corrected chi connectivity index (χ3v) is 0.667. The lowest BCUT2D eigenvalue weighted by atomic mass is 10.6. The highest BCUT2D eigenvalue weighted by Crippen LogP contribution is 1.57. The summed E-state index contributed by atoms with van der Waals surface area (Å²) in [4.78, 5) is 0. The maximum absolute atomic E-state index is 3.36. The molecule has 0 fully saturated rings. The maximum atomic E-state index is 3.36. The Balaban J connectivity index is -0.0000000119. The van der Waals surface area contributed by atoms with Gasteiger partial charge in [0.25, 0.3) is 0 Å². The molecule has 0 rings (SSSR count). The van der Waals surface area contributed by atoms with Crippen LogP contribution in [-0.4, -0.2) is 0 Å². The fraction of sp³-hybridized carbons (Fsp3) is 0.500. The Morgan fingerprint density at radius 2 is 0.375 bits per heavy atom. The standard InChI is InChI=1S/2C4H8.4C3H6.4CH4/c2*1-3-4-2;4*1-3-2;;;;/h2*3-4H,1-2H3;4*3H,1H2,2H3;4*1H4. The van der Waals surface area contributed by atoms with Crippen molar-refractivity contribution in [2.45, 2.75) is 85.1 Å². The zero-order valence-corrected chi connectivity index (χ0v) is 15.4. The van der Waals surface area contributed by atoms with Crippen LogP contribution in [-0.2, 0) is 0 Å². The Morgan fingerprint density at radius 1 is 0.333 bits per heavy atom. The van der Waals surface area contributed by atoms with Crippen molar-refractivity contribution >= 4 is 0 Å². The molecule has 0 nitrogen and oxygen atoms in total. The van der Waals surface area contributed by atoms with Crippen LogP contribution >= 0.6 is 0 Å². The third kappa shape index (κ3) is 39900.